The number of benzene rings is 1. The van der Waals surface area contributed by atoms with Crippen LogP contribution in [0, 0.1) is 0 Å². The number of rotatable bonds is 3. The minimum absolute atomic E-state index is 0.0594. The van der Waals surface area contributed by atoms with Crippen molar-refractivity contribution in [1.29, 1.82) is 0 Å². The lowest BCUT2D eigenvalue weighted by Crippen LogP contribution is -2.01. The lowest BCUT2D eigenvalue weighted by Gasteiger charge is -2.05. The van der Waals surface area contributed by atoms with Gasteiger partial charge in [0.25, 0.3) is 0 Å². The van der Waals surface area contributed by atoms with Crippen LogP contribution >= 0.6 is 23.4 Å². The highest BCUT2D eigenvalue weighted by Gasteiger charge is 2.20. The fourth-order valence-corrected chi connectivity index (χ4v) is 2.42. The molecule has 6 heteroatoms. The van der Waals surface area contributed by atoms with E-state index in [4.69, 9.17) is 11.6 Å². The summed E-state index contributed by atoms with van der Waals surface area (Å²) in [4.78, 5) is 15.4. The zero-order chi connectivity index (χ0) is 13.3. The summed E-state index contributed by atoms with van der Waals surface area (Å²) in [7, 11) is 1.80. The number of imidazole rings is 1. The molecule has 0 amide bonds. The molecule has 1 aromatic carbocycles. The van der Waals surface area contributed by atoms with E-state index >= 15 is 0 Å². The third-order valence-electron chi connectivity index (χ3n) is 2.56. The number of carboxylic acids is 1. The number of aromatic nitrogens is 2. The first-order valence-corrected chi connectivity index (χ1v) is 6.74. The van der Waals surface area contributed by atoms with Crippen molar-refractivity contribution in [2.24, 2.45) is 7.05 Å². The lowest BCUT2D eigenvalue weighted by molar-refractivity contribution is 0.0691. The summed E-state index contributed by atoms with van der Waals surface area (Å²) in [5, 5.41) is 10.5. The van der Waals surface area contributed by atoms with Crippen molar-refractivity contribution in [1.82, 2.24) is 9.55 Å². The second-order valence-corrected chi connectivity index (χ2v) is 4.88. The number of hydrogen-bond donors (Lipinski definition) is 1. The molecule has 2 aromatic rings. The van der Waals surface area contributed by atoms with Crippen LogP contribution in [0.25, 0.3) is 11.3 Å². The molecule has 94 valence electrons. The fourth-order valence-electron chi connectivity index (χ4n) is 1.75. The van der Waals surface area contributed by atoms with Gasteiger partial charge >= 0.3 is 5.97 Å². The van der Waals surface area contributed by atoms with Crippen molar-refractivity contribution >= 4 is 29.3 Å². The molecule has 1 N–H and O–H groups in total. The summed E-state index contributed by atoms with van der Waals surface area (Å²) >= 11 is 7.24. The Bertz CT molecular complexity index is 593. The first kappa shape index (κ1) is 13.0. The largest absolute Gasteiger partial charge is 0.476 e. The number of carbonyl (C=O) groups is 1. The minimum atomic E-state index is -1.03. The van der Waals surface area contributed by atoms with Gasteiger partial charge in [-0.15, -0.1) is 0 Å². The van der Waals surface area contributed by atoms with Crippen LogP contribution in [-0.2, 0) is 7.05 Å². The molecule has 0 atom stereocenters. The van der Waals surface area contributed by atoms with Crippen LogP contribution in [0.3, 0.4) is 0 Å². The van der Waals surface area contributed by atoms with E-state index in [1.165, 1.54) is 11.8 Å². The third-order valence-corrected chi connectivity index (χ3v) is 3.54. The SMILES string of the molecule is CSc1nc(C(=O)O)c(-c2ccc(Cl)cc2)n1C. The molecule has 18 heavy (non-hydrogen) atoms. The van der Waals surface area contributed by atoms with Gasteiger partial charge < -0.3 is 9.67 Å². The van der Waals surface area contributed by atoms with Crippen LogP contribution < -0.4 is 0 Å². The van der Waals surface area contributed by atoms with Gasteiger partial charge in [-0.3, -0.25) is 0 Å². The third kappa shape index (κ3) is 2.23. The van der Waals surface area contributed by atoms with Crippen LogP contribution in [-0.4, -0.2) is 26.9 Å². The Kier molecular flexibility index (Phi) is 3.63. The Morgan fingerprint density at radius 1 is 1.39 bits per heavy atom. The highest BCUT2D eigenvalue weighted by molar-refractivity contribution is 7.98. The molecule has 2 rings (SSSR count). The van der Waals surface area contributed by atoms with E-state index in [-0.39, 0.29) is 5.69 Å². The Balaban J connectivity index is 2.65. The molecule has 0 saturated heterocycles. The zero-order valence-electron chi connectivity index (χ0n) is 9.85. The van der Waals surface area contributed by atoms with Crippen LogP contribution in [0.5, 0.6) is 0 Å². The maximum absolute atomic E-state index is 11.2. The van der Waals surface area contributed by atoms with E-state index in [1.807, 2.05) is 6.26 Å². The van der Waals surface area contributed by atoms with Gasteiger partial charge in [0.15, 0.2) is 10.9 Å². The number of halogens is 1. The van der Waals surface area contributed by atoms with Crippen LogP contribution in [0.2, 0.25) is 5.02 Å². The van der Waals surface area contributed by atoms with Crippen molar-refractivity contribution in [3.05, 3.63) is 35.0 Å². The molecule has 4 nitrogen and oxygen atoms in total. The molecule has 0 bridgehead atoms. The number of thioether (sulfide) groups is 1. The minimum Gasteiger partial charge on any atom is -0.476 e. The highest BCUT2D eigenvalue weighted by atomic mass is 35.5. The molecule has 0 spiro atoms. The van der Waals surface area contributed by atoms with E-state index in [1.54, 1.807) is 35.9 Å². The average Bonchev–Trinajstić information content (AvgIpc) is 2.68. The average molecular weight is 283 g/mol. The van der Waals surface area contributed by atoms with E-state index in [0.717, 1.165) is 5.56 Å². The normalized spacial score (nSPS) is 10.6. The second-order valence-electron chi connectivity index (χ2n) is 3.67. The second kappa shape index (κ2) is 5.04. The molecule has 0 aliphatic carbocycles. The number of nitrogens with zero attached hydrogens (tertiary/aromatic N) is 2. The summed E-state index contributed by atoms with van der Waals surface area (Å²) in [5.41, 5.74) is 1.43. The van der Waals surface area contributed by atoms with Crippen molar-refractivity contribution in [3.63, 3.8) is 0 Å². The quantitative estimate of drug-likeness (QED) is 0.879. The van der Waals surface area contributed by atoms with E-state index in [2.05, 4.69) is 4.98 Å². The summed E-state index contributed by atoms with van der Waals surface area (Å²) in [6.45, 7) is 0. The van der Waals surface area contributed by atoms with Gasteiger partial charge in [0, 0.05) is 17.6 Å². The molecule has 0 aliphatic rings. The Morgan fingerprint density at radius 2 is 2.00 bits per heavy atom. The first-order chi connectivity index (χ1) is 8.54. The van der Waals surface area contributed by atoms with E-state index < -0.39 is 5.97 Å². The zero-order valence-corrected chi connectivity index (χ0v) is 11.4. The van der Waals surface area contributed by atoms with Crippen molar-refractivity contribution in [2.45, 2.75) is 5.16 Å². The molecule has 0 fully saturated rings. The lowest BCUT2D eigenvalue weighted by atomic mass is 10.1. The van der Waals surface area contributed by atoms with Crippen LogP contribution in [0.4, 0.5) is 0 Å². The van der Waals surface area contributed by atoms with Gasteiger partial charge in [0.1, 0.15) is 0 Å². The van der Waals surface area contributed by atoms with E-state index in [0.29, 0.717) is 15.9 Å². The van der Waals surface area contributed by atoms with Crippen LogP contribution in [0.15, 0.2) is 29.4 Å². The smallest absolute Gasteiger partial charge is 0.356 e. The van der Waals surface area contributed by atoms with Gasteiger partial charge in [-0.2, -0.15) is 0 Å². The molecule has 0 radical (unpaired) electrons. The molecule has 1 aromatic heterocycles. The topological polar surface area (TPSA) is 55.1 Å². The molecular weight excluding hydrogens is 272 g/mol. The van der Waals surface area contributed by atoms with E-state index in [9.17, 15) is 9.90 Å². The van der Waals surface area contributed by atoms with Crippen molar-refractivity contribution < 1.29 is 9.90 Å². The Hall–Kier alpha value is -1.46. The van der Waals surface area contributed by atoms with Gasteiger partial charge in [0.2, 0.25) is 0 Å². The summed E-state index contributed by atoms with van der Waals surface area (Å²) < 4.78 is 1.78. The summed E-state index contributed by atoms with van der Waals surface area (Å²) in [6, 6.07) is 7.04. The van der Waals surface area contributed by atoms with Crippen molar-refractivity contribution in [3.8, 4) is 11.3 Å². The monoisotopic (exact) mass is 282 g/mol. The Morgan fingerprint density at radius 3 is 2.50 bits per heavy atom. The van der Waals surface area contributed by atoms with Gasteiger partial charge in [-0.1, -0.05) is 35.5 Å². The van der Waals surface area contributed by atoms with Gasteiger partial charge in [-0.25, -0.2) is 9.78 Å². The first-order valence-electron chi connectivity index (χ1n) is 5.14. The Labute approximate surface area is 114 Å². The fraction of sp³-hybridized carbons (Fsp3) is 0.167. The summed E-state index contributed by atoms with van der Waals surface area (Å²) in [6.07, 6.45) is 1.86. The predicted molar refractivity (Wildman–Crippen MR) is 72.4 cm³/mol. The van der Waals surface area contributed by atoms with Gasteiger partial charge in [0.05, 0.1) is 5.69 Å². The molecule has 0 aliphatic heterocycles. The highest BCUT2D eigenvalue weighted by Crippen LogP contribution is 2.28. The molecular formula is C12H11ClN2O2S. The summed E-state index contributed by atoms with van der Waals surface area (Å²) in [5.74, 6) is -1.03. The predicted octanol–water partition coefficient (Wildman–Crippen LogP) is 3.16. The number of hydrogen-bond acceptors (Lipinski definition) is 3. The maximum Gasteiger partial charge on any atom is 0.356 e. The molecule has 1 heterocycles. The standard InChI is InChI=1S/C12H11ClN2O2S/c1-15-10(7-3-5-8(13)6-4-7)9(11(16)17)14-12(15)18-2/h3-6H,1-2H3,(H,16,17). The maximum atomic E-state index is 11.2. The van der Waals surface area contributed by atoms with Crippen LogP contribution in [0.1, 0.15) is 10.5 Å². The number of carboxylic acid groups (broad SMARTS) is 1. The van der Waals surface area contributed by atoms with Gasteiger partial charge in [-0.05, 0) is 18.4 Å². The number of aromatic carboxylic acids is 1. The van der Waals surface area contributed by atoms with Crippen molar-refractivity contribution in [2.75, 3.05) is 6.26 Å². The molecule has 0 unspecified atom stereocenters. The molecule has 0 saturated carbocycles.